The SMILES string of the molecule is CCc1cccc(OC(=O)NC(C)(C)C(=O)O)c1. The van der Waals surface area contributed by atoms with Gasteiger partial charge in [0, 0.05) is 0 Å². The van der Waals surface area contributed by atoms with Crippen LogP contribution in [0.1, 0.15) is 26.3 Å². The van der Waals surface area contributed by atoms with E-state index in [4.69, 9.17) is 9.84 Å². The number of nitrogens with one attached hydrogen (secondary N) is 1. The molecule has 98 valence electrons. The fourth-order valence-corrected chi connectivity index (χ4v) is 1.27. The van der Waals surface area contributed by atoms with Crippen LogP contribution in [0.2, 0.25) is 0 Å². The molecular weight excluding hydrogens is 234 g/mol. The average molecular weight is 251 g/mol. The van der Waals surface area contributed by atoms with Gasteiger partial charge in [0.15, 0.2) is 0 Å². The van der Waals surface area contributed by atoms with Crippen molar-refractivity contribution in [3.8, 4) is 5.75 Å². The highest BCUT2D eigenvalue weighted by Crippen LogP contribution is 2.14. The highest BCUT2D eigenvalue weighted by molar-refractivity contribution is 5.84. The summed E-state index contributed by atoms with van der Waals surface area (Å²) in [5, 5.41) is 11.1. The molecule has 1 aromatic rings. The van der Waals surface area contributed by atoms with E-state index in [1.165, 1.54) is 13.8 Å². The Balaban J connectivity index is 2.67. The lowest BCUT2D eigenvalue weighted by Gasteiger charge is -2.20. The van der Waals surface area contributed by atoms with Crippen LogP contribution in [0, 0.1) is 0 Å². The summed E-state index contributed by atoms with van der Waals surface area (Å²) in [6.07, 6.45) is 0.0510. The molecule has 0 saturated carbocycles. The number of carbonyl (C=O) groups excluding carboxylic acids is 1. The standard InChI is InChI=1S/C13H17NO4/c1-4-9-6-5-7-10(8-9)18-12(17)14-13(2,3)11(15)16/h5-8H,4H2,1-3H3,(H,14,17)(H,15,16). The number of ether oxygens (including phenoxy) is 1. The van der Waals surface area contributed by atoms with Crippen molar-refractivity contribution in [2.45, 2.75) is 32.7 Å². The second kappa shape index (κ2) is 5.53. The minimum absolute atomic E-state index is 0.396. The Hall–Kier alpha value is -2.04. The van der Waals surface area contributed by atoms with Crippen molar-refractivity contribution in [1.82, 2.24) is 5.32 Å². The third-order valence-electron chi connectivity index (χ3n) is 2.47. The van der Waals surface area contributed by atoms with E-state index >= 15 is 0 Å². The van der Waals surface area contributed by atoms with Crippen LogP contribution < -0.4 is 10.1 Å². The number of carboxylic acids is 1. The smallest absolute Gasteiger partial charge is 0.413 e. The van der Waals surface area contributed by atoms with Gasteiger partial charge < -0.3 is 15.2 Å². The van der Waals surface area contributed by atoms with Crippen LogP contribution in [-0.2, 0) is 11.2 Å². The molecule has 0 saturated heterocycles. The predicted octanol–water partition coefficient (Wildman–Crippen LogP) is 2.20. The van der Waals surface area contributed by atoms with Gasteiger partial charge in [0.05, 0.1) is 0 Å². The van der Waals surface area contributed by atoms with Gasteiger partial charge in [0.1, 0.15) is 11.3 Å². The Morgan fingerprint density at radius 2 is 2.06 bits per heavy atom. The van der Waals surface area contributed by atoms with Crippen LogP contribution >= 0.6 is 0 Å². The summed E-state index contributed by atoms with van der Waals surface area (Å²) >= 11 is 0. The third-order valence-corrected chi connectivity index (χ3v) is 2.47. The fraction of sp³-hybridized carbons (Fsp3) is 0.385. The van der Waals surface area contributed by atoms with E-state index in [1.807, 2.05) is 13.0 Å². The first-order chi connectivity index (χ1) is 8.35. The van der Waals surface area contributed by atoms with Gasteiger partial charge in [0.2, 0.25) is 0 Å². The molecule has 0 fully saturated rings. The summed E-state index contributed by atoms with van der Waals surface area (Å²) in [6, 6.07) is 7.09. The maximum Gasteiger partial charge on any atom is 0.413 e. The van der Waals surface area contributed by atoms with E-state index in [0.717, 1.165) is 12.0 Å². The van der Waals surface area contributed by atoms with Gasteiger partial charge >= 0.3 is 12.1 Å². The molecule has 0 aliphatic rings. The summed E-state index contributed by atoms with van der Waals surface area (Å²) in [7, 11) is 0. The highest BCUT2D eigenvalue weighted by atomic mass is 16.6. The lowest BCUT2D eigenvalue weighted by Crippen LogP contribution is -2.50. The second-order valence-corrected chi connectivity index (χ2v) is 4.45. The number of aryl methyl sites for hydroxylation is 1. The molecule has 18 heavy (non-hydrogen) atoms. The summed E-state index contributed by atoms with van der Waals surface area (Å²) in [5.74, 6) is -0.727. The van der Waals surface area contributed by atoms with E-state index in [0.29, 0.717) is 5.75 Å². The van der Waals surface area contributed by atoms with Crippen molar-refractivity contribution in [1.29, 1.82) is 0 Å². The number of carboxylic acid groups (broad SMARTS) is 1. The van der Waals surface area contributed by atoms with Crippen molar-refractivity contribution in [3.63, 3.8) is 0 Å². The second-order valence-electron chi connectivity index (χ2n) is 4.45. The summed E-state index contributed by atoms with van der Waals surface area (Å²) in [5.41, 5.74) is -0.322. The van der Waals surface area contributed by atoms with Crippen LogP contribution in [-0.4, -0.2) is 22.7 Å². The van der Waals surface area contributed by atoms with Gasteiger partial charge in [-0.25, -0.2) is 9.59 Å². The van der Waals surface area contributed by atoms with Crippen molar-refractivity contribution in [2.24, 2.45) is 0 Å². The number of hydrogen-bond donors (Lipinski definition) is 2. The molecule has 1 rings (SSSR count). The van der Waals surface area contributed by atoms with Gasteiger partial charge in [0.25, 0.3) is 0 Å². The average Bonchev–Trinajstić information content (AvgIpc) is 2.28. The molecule has 1 amide bonds. The van der Waals surface area contributed by atoms with E-state index in [2.05, 4.69) is 5.32 Å². The number of amides is 1. The first kappa shape index (κ1) is 14.0. The van der Waals surface area contributed by atoms with Gasteiger partial charge in [-0.15, -0.1) is 0 Å². The fourth-order valence-electron chi connectivity index (χ4n) is 1.27. The minimum Gasteiger partial charge on any atom is -0.480 e. The molecule has 2 N–H and O–H groups in total. The van der Waals surface area contributed by atoms with Gasteiger partial charge in [-0.3, -0.25) is 0 Å². The number of aliphatic carboxylic acids is 1. The van der Waals surface area contributed by atoms with E-state index in [1.54, 1.807) is 18.2 Å². The maximum absolute atomic E-state index is 11.5. The molecule has 5 nitrogen and oxygen atoms in total. The van der Waals surface area contributed by atoms with Crippen molar-refractivity contribution in [3.05, 3.63) is 29.8 Å². The Bertz CT molecular complexity index is 454. The molecule has 0 heterocycles. The molecule has 0 bridgehead atoms. The van der Waals surface area contributed by atoms with Gasteiger partial charge in [-0.2, -0.15) is 0 Å². The lowest BCUT2D eigenvalue weighted by molar-refractivity contribution is -0.143. The summed E-state index contributed by atoms with van der Waals surface area (Å²) < 4.78 is 5.03. The molecule has 0 aromatic heterocycles. The zero-order valence-electron chi connectivity index (χ0n) is 10.7. The van der Waals surface area contributed by atoms with E-state index < -0.39 is 17.6 Å². The van der Waals surface area contributed by atoms with Crippen molar-refractivity contribution < 1.29 is 19.4 Å². The molecule has 0 radical (unpaired) electrons. The zero-order chi connectivity index (χ0) is 13.8. The van der Waals surface area contributed by atoms with Gasteiger partial charge in [-0.1, -0.05) is 19.1 Å². The lowest BCUT2D eigenvalue weighted by atomic mass is 10.1. The topological polar surface area (TPSA) is 75.6 Å². The van der Waals surface area contributed by atoms with Crippen LogP contribution in [0.4, 0.5) is 4.79 Å². The van der Waals surface area contributed by atoms with Crippen molar-refractivity contribution >= 4 is 12.1 Å². The van der Waals surface area contributed by atoms with Crippen LogP contribution in [0.15, 0.2) is 24.3 Å². The number of hydrogen-bond acceptors (Lipinski definition) is 3. The van der Waals surface area contributed by atoms with Crippen molar-refractivity contribution in [2.75, 3.05) is 0 Å². The molecule has 0 atom stereocenters. The third kappa shape index (κ3) is 3.76. The van der Waals surface area contributed by atoms with E-state index in [-0.39, 0.29) is 0 Å². The molecule has 1 aromatic carbocycles. The molecule has 0 aliphatic heterocycles. The normalized spacial score (nSPS) is 10.8. The largest absolute Gasteiger partial charge is 0.480 e. The Labute approximate surface area is 106 Å². The molecular formula is C13H17NO4. The number of benzene rings is 1. The Morgan fingerprint density at radius 1 is 1.39 bits per heavy atom. The first-order valence-corrected chi connectivity index (χ1v) is 5.67. The maximum atomic E-state index is 11.5. The van der Waals surface area contributed by atoms with Gasteiger partial charge in [-0.05, 0) is 38.0 Å². The minimum atomic E-state index is -1.36. The Kier molecular flexibility index (Phi) is 4.31. The Morgan fingerprint density at radius 3 is 2.61 bits per heavy atom. The number of carbonyl (C=O) groups is 2. The van der Waals surface area contributed by atoms with Crippen LogP contribution in [0.5, 0.6) is 5.75 Å². The van der Waals surface area contributed by atoms with Crippen LogP contribution in [0.3, 0.4) is 0 Å². The molecule has 0 unspecified atom stereocenters. The highest BCUT2D eigenvalue weighted by Gasteiger charge is 2.29. The molecule has 0 aliphatic carbocycles. The first-order valence-electron chi connectivity index (χ1n) is 5.67. The zero-order valence-corrected chi connectivity index (χ0v) is 10.7. The predicted molar refractivity (Wildman–Crippen MR) is 66.7 cm³/mol. The summed E-state index contributed by atoms with van der Waals surface area (Å²) in [6.45, 7) is 4.77. The monoisotopic (exact) mass is 251 g/mol. The quantitative estimate of drug-likeness (QED) is 0.860. The van der Waals surface area contributed by atoms with E-state index in [9.17, 15) is 9.59 Å². The molecule has 5 heteroatoms. The summed E-state index contributed by atoms with van der Waals surface area (Å²) in [4.78, 5) is 22.4. The number of rotatable bonds is 4. The van der Waals surface area contributed by atoms with Crippen LogP contribution in [0.25, 0.3) is 0 Å². The molecule has 0 spiro atoms.